The van der Waals surface area contributed by atoms with E-state index in [0.717, 1.165) is 88.9 Å². The average molecular weight is 784 g/mol. The molecule has 0 radical (unpaired) electrons. The maximum Gasteiger partial charge on any atom is 0.160 e. The van der Waals surface area contributed by atoms with Crippen LogP contribution in [0.25, 0.3) is 120 Å². The number of aromatic nitrogens is 3. The number of fused-ring (bicyclic) bond motifs is 8. The number of furan rings is 1. The van der Waals surface area contributed by atoms with Crippen molar-refractivity contribution < 1.29 is 4.42 Å². The van der Waals surface area contributed by atoms with Gasteiger partial charge < -0.3 is 4.42 Å². The van der Waals surface area contributed by atoms with Crippen LogP contribution in [-0.2, 0) is 0 Å². The Kier molecular flexibility index (Phi) is 8.00. The van der Waals surface area contributed by atoms with Crippen LogP contribution in [0.15, 0.2) is 205 Å². The van der Waals surface area contributed by atoms with Gasteiger partial charge in [0.1, 0.15) is 11.2 Å². The zero-order valence-electron chi connectivity index (χ0n) is 32.2. The summed E-state index contributed by atoms with van der Waals surface area (Å²) < 4.78 is 8.75. The number of hydrogen-bond donors (Lipinski definition) is 0. The Balaban J connectivity index is 1.11. The molecule has 4 nitrogen and oxygen atoms in total. The molecule has 60 heavy (non-hydrogen) atoms. The number of nitrogens with zero attached hydrogens (tertiary/aromatic N) is 3. The third-order valence-electron chi connectivity index (χ3n) is 11.5. The second-order valence-electron chi connectivity index (χ2n) is 15.2. The van der Waals surface area contributed by atoms with Gasteiger partial charge >= 0.3 is 0 Å². The Labute approximate surface area is 349 Å². The first-order valence-corrected chi connectivity index (χ1v) is 20.9. The Morgan fingerprint density at radius 1 is 0.350 bits per heavy atom. The zero-order chi connectivity index (χ0) is 39.6. The number of rotatable bonds is 6. The molecule has 0 saturated carbocycles. The predicted octanol–water partition coefficient (Wildman–Crippen LogP) is 15.3. The maximum atomic E-state index is 6.27. The minimum Gasteiger partial charge on any atom is -0.456 e. The van der Waals surface area contributed by atoms with Crippen molar-refractivity contribution in [3.63, 3.8) is 0 Å². The summed E-state index contributed by atoms with van der Waals surface area (Å²) in [6, 6.07) is 70.2. The molecule has 8 aromatic carbocycles. The molecule has 12 rings (SSSR count). The molecule has 0 unspecified atom stereocenters. The predicted molar refractivity (Wildman–Crippen MR) is 250 cm³/mol. The number of para-hydroxylation sites is 2. The van der Waals surface area contributed by atoms with Crippen LogP contribution < -0.4 is 0 Å². The number of pyridine rings is 1. The quantitative estimate of drug-likeness (QED) is 0.169. The van der Waals surface area contributed by atoms with Crippen LogP contribution in [0.2, 0.25) is 0 Å². The molecule has 0 aliphatic carbocycles. The van der Waals surface area contributed by atoms with Gasteiger partial charge in [0.05, 0.1) is 22.6 Å². The van der Waals surface area contributed by atoms with E-state index in [-0.39, 0.29) is 0 Å². The normalized spacial score (nSPS) is 11.7. The molecule has 12 aromatic rings. The Bertz CT molecular complexity index is 3590. The molecule has 0 aliphatic heterocycles. The topological polar surface area (TPSA) is 51.8 Å². The molecule has 0 atom stereocenters. The molecule has 280 valence electrons. The molecule has 0 aliphatic rings. The number of hydrogen-bond acceptors (Lipinski definition) is 5. The third-order valence-corrected chi connectivity index (χ3v) is 12.7. The highest BCUT2D eigenvalue weighted by Crippen LogP contribution is 2.45. The summed E-state index contributed by atoms with van der Waals surface area (Å²) in [6.45, 7) is 0. The van der Waals surface area contributed by atoms with Gasteiger partial charge in [0.15, 0.2) is 5.82 Å². The summed E-state index contributed by atoms with van der Waals surface area (Å²) in [5.74, 6) is 0.670. The molecule has 0 amide bonds. The van der Waals surface area contributed by atoms with Gasteiger partial charge in [0.2, 0.25) is 0 Å². The van der Waals surface area contributed by atoms with Gasteiger partial charge in [-0.2, -0.15) is 0 Å². The summed E-state index contributed by atoms with van der Waals surface area (Å²) in [4.78, 5) is 16.0. The van der Waals surface area contributed by atoms with Crippen LogP contribution in [0.5, 0.6) is 0 Å². The molecular weight excluding hydrogens is 751 g/mol. The first-order chi connectivity index (χ1) is 29.7. The van der Waals surface area contributed by atoms with Crippen LogP contribution in [0.4, 0.5) is 0 Å². The largest absolute Gasteiger partial charge is 0.456 e. The highest BCUT2D eigenvalue weighted by atomic mass is 32.1. The first kappa shape index (κ1) is 34.3. The molecule has 4 aromatic heterocycles. The molecule has 5 heteroatoms. The lowest BCUT2D eigenvalue weighted by molar-refractivity contribution is 0.669. The minimum absolute atomic E-state index is 0.670. The van der Waals surface area contributed by atoms with Crippen molar-refractivity contribution in [1.82, 2.24) is 15.0 Å². The third kappa shape index (κ3) is 5.86. The van der Waals surface area contributed by atoms with E-state index in [1.807, 2.05) is 47.7 Å². The van der Waals surface area contributed by atoms with Crippen molar-refractivity contribution in [1.29, 1.82) is 0 Å². The van der Waals surface area contributed by atoms with Crippen molar-refractivity contribution >= 4 is 64.4 Å². The second-order valence-corrected chi connectivity index (χ2v) is 16.2. The lowest BCUT2D eigenvalue weighted by Crippen LogP contribution is -1.97. The van der Waals surface area contributed by atoms with E-state index < -0.39 is 0 Å². The van der Waals surface area contributed by atoms with Gasteiger partial charge in [-0.25, -0.2) is 15.0 Å². The van der Waals surface area contributed by atoms with E-state index in [4.69, 9.17) is 19.4 Å². The summed E-state index contributed by atoms with van der Waals surface area (Å²) in [5.41, 5.74) is 13.8. The Hall–Kier alpha value is -7.73. The fourth-order valence-corrected chi connectivity index (χ4v) is 9.76. The van der Waals surface area contributed by atoms with Gasteiger partial charge in [0.25, 0.3) is 0 Å². The fourth-order valence-electron chi connectivity index (χ4n) is 8.53. The standard InChI is InChI=1S/C55H33N3OS/c1-3-13-34(14-4-1)35-23-25-36(26-24-35)47-33-48(58-55(57-47)37-15-5-2-6-16-37)40-29-39(38-27-28-50-45(32-38)42-17-8-11-21-49(42)59-50)30-41(31-40)53-52-44-19-9-12-22-51(44)60-54(52)43-18-7-10-20-46(43)56-53/h1-33H. The molecule has 4 heterocycles. The molecule has 0 spiro atoms. The van der Waals surface area contributed by atoms with Crippen LogP contribution in [0, 0.1) is 0 Å². The van der Waals surface area contributed by atoms with Crippen molar-refractivity contribution in [3.8, 4) is 67.4 Å². The summed E-state index contributed by atoms with van der Waals surface area (Å²) in [7, 11) is 0. The van der Waals surface area contributed by atoms with Gasteiger partial charge in [-0.1, -0.05) is 146 Å². The van der Waals surface area contributed by atoms with Crippen molar-refractivity contribution in [2.24, 2.45) is 0 Å². The first-order valence-electron chi connectivity index (χ1n) is 20.1. The lowest BCUT2D eigenvalue weighted by atomic mass is 9.93. The monoisotopic (exact) mass is 783 g/mol. The molecule has 0 bridgehead atoms. The van der Waals surface area contributed by atoms with E-state index in [0.29, 0.717) is 5.82 Å². The Morgan fingerprint density at radius 2 is 0.933 bits per heavy atom. The van der Waals surface area contributed by atoms with E-state index in [2.05, 4.69) is 164 Å². The van der Waals surface area contributed by atoms with Crippen molar-refractivity contribution in [3.05, 3.63) is 200 Å². The van der Waals surface area contributed by atoms with Crippen molar-refractivity contribution in [2.75, 3.05) is 0 Å². The van der Waals surface area contributed by atoms with Crippen LogP contribution in [-0.4, -0.2) is 15.0 Å². The smallest absolute Gasteiger partial charge is 0.160 e. The average Bonchev–Trinajstić information content (AvgIpc) is 3.91. The summed E-state index contributed by atoms with van der Waals surface area (Å²) in [6.07, 6.45) is 0. The van der Waals surface area contributed by atoms with Gasteiger partial charge in [-0.3, -0.25) is 0 Å². The van der Waals surface area contributed by atoms with Gasteiger partial charge in [-0.15, -0.1) is 11.3 Å². The van der Waals surface area contributed by atoms with Crippen LogP contribution in [0.3, 0.4) is 0 Å². The number of benzene rings is 8. The molecule has 0 N–H and O–H groups in total. The fraction of sp³-hybridized carbons (Fsp3) is 0. The van der Waals surface area contributed by atoms with E-state index in [9.17, 15) is 0 Å². The second kappa shape index (κ2) is 14.0. The lowest BCUT2D eigenvalue weighted by Gasteiger charge is -2.14. The van der Waals surface area contributed by atoms with Gasteiger partial charge in [-0.05, 0) is 76.9 Å². The van der Waals surface area contributed by atoms with E-state index >= 15 is 0 Å². The highest BCUT2D eigenvalue weighted by Gasteiger charge is 2.20. The van der Waals surface area contributed by atoms with E-state index in [1.54, 1.807) is 0 Å². The highest BCUT2D eigenvalue weighted by molar-refractivity contribution is 7.26. The Morgan fingerprint density at radius 3 is 1.75 bits per heavy atom. The van der Waals surface area contributed by atoms with Crippen molar-refractivity contribution in [2.45, 2.75) is 0 Å². The van der Waals surface area contributed by atoms with E-state index in [1.165, 1.54) is 25.7 Å². The minimum atomic E-state index is 0.670. The summed E-state index contributed by atoms with van der Waals surface area (Å²) in [5, 5.41) is 5.72. The molecule has 0 fully saturated rings. The molecule has 0 saturated heterocycles. The summed E-state index contributed by atoms with van der Waals surface area (Å²) >= 11 is 1.83. The SMILES string of the molecule is c1ccc(-c2ccc(-c3cc(-c4cc(-c5ccc6oc7ccccc7c6c5)cc(-c5nc6ccccc6c6sc7ccccc7c56)c4)nc(-c4ccccc4)n3)cc2)cc1. The van der Waals surface area contributed by atoms with Gasteiger partial charge in [0, 0.05) is 58.6 Å². The zero-order valence-corrected chi connectivity index (χ0v) is 33.0. The molecular formula is C55H33N3OS. The van der Waals surface area contributed by atoms with Crippen LogP contribution >= 0.6 is 11.3 Å². The maximum absolute atomic E-state index is 6.27. The number of thiophene rings is 1. The van der Waals surface area contributed by atoms with Crippen LogP contribution in [0.1, 0.15) is 0 Å².